The van der Waals surface area contributed by atoms with Crippen LogP contribution in [0.3, 0.4) is 0 Å². The maximum atomic E-state index is 11.7. The van der Waals surface area contributed by atoms with E-state index in [-0.39, 0.29) is 12.5 Å². The number of ether oxygens (including phenoxy) is 2. The molecule has 1 aromatic carbocycles. The summed E-state index contributed by atoms with van der Waals surface area (Å²) < 4.78 is 10.9. The maximum Gasteiger partial charge on any atom is 0.250 e. The van der Waals surface area contributed by atoms with Crippen molar-refractivity contribution in [2.45, 2.75) is 20.8 Å². The fourth-order valence-electron chi connectivity index (χ4n) is 1.90. The molecule has 1 N–H and O–H groups in total. The second kappa shape index (κ2) is 10.2. The summed E-state index contributed by atoms with van der Waals surface area (Å²) >= 11 is 0. The molecule has 0 fully saturated rings. The molecule has 0 unspecified atom stereocenters. The normalized spacial score (nSPS) is 10.7. The van der Waals surface area contributed by atoms with Gasteiger partial charge in [-0.2, -0.15) is 0 Å². The van der Waals surface area contributed by atoms with E-state index in [2.05, 4.69) is 24.1 Å². The first-order valence-electron chi connectivity index (χ1n) is 7.53. The van der Waals surface area contributed by atoms with Crippen molar-refractivity contribution in [3.8, 4) is 5.75 Å². The van der Waals surface area contributed by atoms with Crippen molar-refractivity contribution >= 4 is 11.6 Å². The molecule has 118 valence electrons. The van der Waals surface area contributed by atoms with E-state index in [1.54, 1.807) is 0 Å². The summed E-state index contributed by atoms with van der Waals surface area (Å²) in [6.07, 6.45) is 0. The Kier molecular flexibility index (Phi) is 8.47. The van der Waals surface area contributed by atoms with Crippen LogP contribution in [0, 0.1) is 0 Å². The van der Waals surface area contributed by atoms with Crippen LogP contribution in [0.4, 0.5) is 5.69 Å². The van der Waals surface area contributed by atoms with E-state index in [1.165, 1.54) is 0 Å². The van der Waals surface area contributed by atoms with Crippen molar-refractivity contribution in [1.29, 1.82) is 0 Å². The molecule has 5 heteroatoms. The zero-order valence-corrected chi connectivity index (χ0v) is 13.2. The van der Waals surface area contributed by atoms with Gasteiger partial charge in [-0.3, -0.25) is 4.79 Å². The van der Waals surface area contributed by atoms with Crippen LogP contribution in [-0.4, -0.2) is 50.3 Å². The van der Waals surface area contributed by atoms with Gasteiger partial charge >= 0.3 is 0 Å². The summed E-state index contributed by atoms with van der Waals surface area (Å²) in [5.74, 6) is 0.520. The number of benzene rings is 1. The van der Waals surface area contributed by atoms with E-state index in [1.807, 2.05) is 31.2 Å². The van der Waals surface area contributed by atoms with Crippen LogP contribution in [0.2, 0.25) is 0 Å². The van der Waals surface area contributed by atoms with Crippen LogP contribution in [0.15, 0.2) is 24.3 Å². The molecule has 0 saturated carbocycles. The third-order valence-electron chi connectivity index (χ3n) is 3.16. The Labute approximate surface area is 127 Å². The molecule has 5 nitrogen and oxygen atoms in total. The van der Waals surface area contributed by atoms with Crippen molar-refractivity contribution in [1.82, 2.24) is 4.90 Å². The van der Waals surface area contributed by atoms with Gasteiger partial charge < -0.3 is 19.7 Å². The maximum absolute atomic E-state index is 11.7. The lowest BCUT2D eigenvalue weighted by Gasteiger charge is -2.19. The van der Waals surface area contributed by atoms with Gasteiger partial charge in [0.1, 0.15) is 19.0 Å². The molecule has 0 heterocycles. The number of hydrogen-bond acceptors (Lipinski definition) is 4. The lowest BCUT2D eigenvalue weighted by atomic mass is 10.3. The number of nitrogens with zero attached hydrogens (tertiary/aromatic N) is 1. The van der Waals surface area contributed by atoms with Crippen molar-refractivity contribution in [2.75, 3.05) is 44.8 Å². The van der Waals surface area contributed by atoms with Gasteiger partial charge in [0.15, 0.2) is 0 Å². The average molecular weight is 294 g/mol. The predicted octanol–water partition coefficient (Wildman–Crippen LogP) is 2.38. The molecule has 0 aliphatic heterocycles. The smallest absolute Gasteiger partial charge is 0.250 e. The van der Waals surface area contributed by atoms with Gasteiger partial charge in [0, 0.05) is 13.2 Å². The highest BCUT2D eigenvalue weighted by Gasteiger charge is 2.08. The van der Waals surface area contributed by atoms with Crippen molar-refractivity contribution in [3.63, 3.8) is 0 Å². The molecule has 21 heavy (non-hydrogen) atoms. The van der Waals surface area contributed by atoms with Gasteiger partial charge in [0.05, 0.1) is 5.69 Å². The number of carbonyl (C=O) groups excluding carboxylic acids is 1. The van der Waals surface area contributed by atoms with E-state index in [9.17, 15) is 4.79 Å². The second-order valence-electron chi connectivity index (χ2n) is 4.56. The number of amides is 1. The van der Waals surface area contributed by atoms with Gasteiger partial charge in [-0.15, -0.1) is 0 Å². The van der Waals surface area contributed by atoms with E-state index in [0.717, 1.165) is 19.6 Å². The molecule has 0 spiro atoms. The first kappa shape index (κ1) is 17.5. The zero-order valence-electron chi connectivity index (χ0n) is 13.2. The zero-order chi connectivity index (χ0) is 15.5. The average Bonchev–Trinajstić information content (AvgIpc) is 2.51. The number of likely N-dealkylation sites (N-methyl/N-ethyl adjacent to an activating group) is 1. The molecular formula is C16H26N2O3. The predicted molar refractivity (Wildman–Crippen MR) is 84.8 cm³/mol. The summed E-state index contributed by atoms with van der Waals surface area (Å²) in [5.41, 5.74) is 0.682. The standard InChI is InChI=1S/C16H26N2O3/c1-4-18(5-2)11-12-21-15-10-8-7-9-14(15)17-16(19)13-20-6-3/h7-10H,4-6,11-13H2,1-3H3,(H,17,19). The Morgan fingerprint density at radius 3 is 2.57 bits per heavy atom. The highest BCUT2D eigenvalue weighted by Crippen LogP contribution is 2.23. The van der Waals surface area contributed by atoms with Crippen LogP contribution in [0.1, 0.15) is 20.8 Å². The molecule has 1 rings (SSSR count). The van der Waals surface area contributed by atoms with E-state index >= 15 is 0 Å². The summed E-state index contributed by atoms with van der Waals surface area (Å²) in [6.45, 7) is 10.2. The van der Waals surface area contributed by atoms with Crippen LogP contribution < -0.4 is 10.1 Å². The molecule has 0 aliphatic carbocycles. The minimum absolute atomic E-state index is 0.0598. The number of para-hydroxylation sites is 2. The lowest BCUT2D eigenvalue weighted by molar-refractivity contribution is -0.120. The van der Waals surface area contributed by atoms with Crippen LogP contribution in [0.25, 0.3) is 0 Å². The van der Waals surface area contributed by atoms with Crippen LogP contribution in [-0.2, 0) is 9.53 Å². The molecule has 0 bridgehead atoms. The Balaban J connectivity index is 2.52. The second-order valence-corrected chi connectivity index (χ2v) is 4.56. The number of rotatable bonds is 10. The molecule has 1 aromatic rings. The first-order chi connectivity index (χ1) is 10.2. The number of carbonyl (C=O) groups is 1. The summed E-state index contributed by atoms with van der Waals surface area (Å²) in [7, 11) is 0. The number of anilines is 1. The van der Waals surface area contributed by atoms with E-state index in [4.69, 9.17) is 9.47 Å². The lowest BCUT2D eigenvalue weighted by Crippen LogP contribution is -2.28. The highest BCUT2D eigenvalue weighted by molar-refractivity contribution is 5.93. The molecule has 0 saturated heterocycles. The van der Waals surface area contributed by atoms with Gasteiger partial charge in [0.2, 0.25) is 5.91 Å². The van der Waals surface area contributed by atoms with Gasteiger partial charge in [0.25, 0.3) is 0 Å². The van der Waals surface area contributed by atoms with Crippen LogP contribution >= 0.6 is 0 Å². The Morgan fingerprint density at radius 1 is 1.19 bits per heavy atom. The largest absolute Gasteiger partial charge is 0.490 e. The molecule has 0 aliphatic rings. The van der Waals surface area contributed by atoms with Gasteiger partial charge in [-0.05, 0) is 32.1 Å². The molecule has 1 amide bonds. The fraction of sp³-hybridized carbons (Fsp3) is 0.562. The molecular weight excluding hydrogens is 268 g/mol. The summed E-state index contributed by atoms with van der Waals surface area (Å²) in [5, 5.41) is 2.81. The van der Waals surface area contributed by atoms with Gasteiger partial charge in [-0.25, -0.2) is 0 Å². The monoisotopic (exact) mass is 294 g/mol. The number of hydrogen-bond donors (Lipinski definition) is 1. The minimum Gasteiger partial charge on any atom is -0.490 e. The Morgan fingerprint density at radius 2 is 1.90 bits per heavy atom. The quantitative estimate of drug-likeness (QED) is 0.720. The Hall–Kier alpha value is -1.59. The fourth-order valence-corrected chi connectivity index (χ4v) is 1.90. The highest BCUT2D eigenvalue weighted by atomic mass is 16.5. The van der Waals surface area contributed by atoms with E-state index < -0.39 is 0 Å². The molecule has 0 aromatic heterocycles. The van der Waals surface area contributed by atoms with Gasteiger partial charge in [-0.1, -0.05) is 26.0 Å². The van der Waals surface area contributed by atoms with Crippen molar-refractivity contribution < 1.29 is 14.3 Å². The van der Waals surface area contributed by atoms with Crippen LogP contribution in [0.5, 0.6) is 5.75 Å². The van der Waals surface area contributed by atoms with Crippen molar-refractivity contribution in [2.24, 2.45) is 0 Å². The minimum atomic E-state index is -0.170. The first-order valence-corrected chi connectivity index (χ1v) is 7.53. The summed E-state index contributed by atoms with van der Waals surface area (Å²) in [6, 6.07) is 7.45. The molecule has 0 atom stereocenters. The number of nitrogens with one attached hydrogen (secondary N) is 1. The SMILES string of the molecule is CCOCC(=O)Nc1ccccc1OCCN(CC)CC. The summed E-state index contributed by atoms with van der Waals surface area (Å²) in [4.78, 5) is 14.0. The third-order valence-corrected chi connectivity index (χ3v) is 3.16. The van der Waals surface area contributed by atoms with E-state index in [0.29, 0.717) is 24.7 Å². The Bertz CT molecular complexity index is 420. The topological polar surface area (TPSA) is 50.8 Å². The molecule has 0 radical (unpaired) electrons. The third kappa shape index (κ3) is 6.60. The van der Waals surface area contributed by atoms with Crippen molar-refractivity contribution in [3.05, 3.63) is 24.3 Å².